The Bertz CT molecular complexity index is 589. The van der Waals surface area contributed by atoms with E-state index in [2.05, 4.69) is 9.97 Å². The Morgan fingerprint density at radius 2 is 2.12 bits per heavy atom. The minimum absolute atomic E-state index is 0.0123. The molecule has 0 fully saturated rings. The van der Waals surface area contributed by atoms with E-state index in [4.69, 9.17) is 17.3 Å². The summed E-state index contributed by atoms with van der Waals surface area (Å²) in [6, 6.07) is 5.73. The van der Waals surface area contributed by atoms with Gasteiger partial charge in [-0.2, -0.15) is 0 Å². The third-order valence-corrected chi connectivity index (χ3v) is 2.38. The number of primary amides is 1. The van der Waals surface area contributed by atoms with Gasteiger partial charge < -0.3 is 5.73 Å². The van der Waals surface area contributed by atoms with Gasteiger partial charge in [0.1, 0.15) is 5.82 Å². The molecule has 0 atom stereocenters. The monoisotopic (exact) mass is 251 g/mol. The summed E-state index contributed by atoms with van der Waals surface area (Å²) in [7, 11) is 0. The fraction of sp³-hybridized carbons (Fsp3) is 0. The third kappa shape index (κ3) is 2.39. The Morgan fingerprint density at radius 3 is 2.76 bits per heavy atom. The number of aromatic nitrogens is 2. The molecule has 0 spiro atoms. The summed E-state index contributed by atoms with van der Waals surface area (Å²) in [6.45, 7) is 0. The van der Waals surface area contributed by atoms with Crippen molar-refractivity contribution < 1.29 is 9.18 Å². The Hall–Kier alpha value is -2.01. The summed E-state index contributed by atoms with van der Waals surface area (Å²) in [5, 5.41) is -0.0123. The van der Waals surface area contributed by atoms with Crippen LogP contribution in [0.15, 0.2) is 30.5 Å². The molecule has 0 saturated heterocycles. The minimum Gasteiger partial charge on any atom is -0.363 e. The summed E-state index contributed by atoms with van der Waals surface area (Å²) in [4.78, 5) is 18.6. The highest BCUT2D eigenvalue weighted by Gasteiger charge is 2.08. The number of rotatable bonds is 2. The fourth-order valence-corrected chi connectivity index (χ4v) is 1.47. The molecule has 0 unspecified atom stereocenters. The van der Waals surface area contributed by atoms with Crippen LogP contribution in [0.4, 0.5) is 4.39 Å². The second kappa shape index (κ2) is 4.47. The molecule has 2 aromatic rings. The first-order valence-electron chi connectivity index (χ1n) is 4.66. The van der Waals surface area contributed by atoms with E-state index in [1.54, 1.807) is 6.07 Å². The van der Waals surface area contributed by atoms with Crippen molar-refractivity contribution in [3.05, 3.63) is 47.1 Å². The average molecular weight is 252 g/mol. The van der Waals surface area contributed by atoms with Gasteiger partial charge in [0.2, 0.25) is 5.82 Å². The molecule has 1 heterocycles. The van der Waals surface area contributed by atoms with Gasteiger partial charge in [-0.3, -0.25) is 4.79 Å². The van der Waals surface area contributed by atoms with Crippen LogP contribution in [0.25, 0.3) is 11.3 Å². The number of amides is 1. The zero-order chi connectivity index (χ0) is 12.4. The van der Waals surface area contributed by atoms with Crippen molar-refractivity contribution in [3.63, 3.8) is 0 Å². The maximum absolute atomic E-state index is 13.0. The first-order chi connectivity index (χ1) is 8.08. The van der Waals surface area contributed by atoms with E-state index in [0.717, 1.165) is 0 Å². The van der Waals surface area contributed by atoms with Gasteiger partial charge in [0.15, 0.2) is 0 Å². The topological polar surface area (TPSA) is 68.9 Å². The Balaban J connectivity index is 2.49. The molecule has 2 rings (SSSR count). The zero-order valence-electron chi connectivity index (χ0n) is 8.52. The number of nitrogens with two attached hydrogens (primary N) is 1. The smallest absolute Gasteiger partial charge is 0.286 e. The summed E-state index contributed by atoms with van der Waals surface area (Å²) in [6.07, 6.45) is 1.40. The molecule has 0 saturated carbocycles. The van der Waals surface area contributed by atoms with E-state index < -0.39 is 11.7 Å². The van der Waals surface area contributed by atoms with E-state index in [-0.39, 0.29) is 10.8 Å². The number of carbonyl (C=O) groups excluding carboxylic acids is 1. The van der Waals surface area contributed by atoms with Crippen molar-refractivity contribution in [1.29, 1.82) is 0 Å². The molecule has 0 aliphatic carbocycles. The van der Waals surface area contributed by atoms with Crippen LogP contribution in [0.5, 0.6) is 0 Å². The number of carbonyl (C=O) groups is 1. The number of hydrogen-bond donors (Lipinski definition) is 1. The van der Waals surface area contributed by atoms with Crippen molar-refractivity contribution >= 4 is 17.5 Å². The molecule has 0 bridgehead atoms. The van der Waals surface area contributed by atoms with Gasteiger partial charge in [-0.25, -0.2) is 14.4 Å². The highest BCUT2D eigenvalue weighted by molar-refractivity contribution is 6.31. The molecule has 6 heteroatoms. The molecule has 1 aromatic carbocycles. The zero-order valence-corrected chi connectivity index (χ0v) is 9.28. The minimum atomic E-state index is -0.722. The second-order valence-corrected chi connectivity index (χ2v) is 3.67. The maximum atomic E-state index is 13.0. The standard InChI is InChI=1S/C11H7ClFN3O/c12-7-5-6(1-2-8(7)13)9-3-4-15-11(16-9)10(14)17/h1-5H,(H2,14,17). The van der Waals surface area contributed by atoms with Gasteiger partial charge in [0.25, 0.3) is 5.91 Å². The number of halogens is 2. The predicted molar refractivity (Wildman–Crippen MR) is 61.0 cm³/mol. The van der Waals surface area contributed by atoms with Crippen LogP contribution >= 0.6 is 11.6 Å². The SMILES string of the molecule is NC(=O)c1nccc(-c2ccc(F)c(Cl)c2)n1. The lowest BCUT2D eigenvalue weighted by Crippen LogP contribution is -2.15. The van der Waals surface area contributed by atoms with E-state index in [1.807, 2.05) is 0 Å². The van der Waals surface area contributed by atoms with Crippen LogP contribution in [0.3, 0.4) is 0 Å². The van der Waals surface area contributed by atoms with Gasteiger partial charge >= 0.3 is 0 Å². The molecule has 0 aliphatic heterocycles. The first-order valence-corrected chi connectivity index (χ1v) is 5.04. The lowest BCUT2D eigenvalue weighted by atomic mass is 10.1. The van der Waals surface area contributed by atoms with Gasteiger partial charge in [0.05, 0.1) is 10.7 Å². The summed E-state index contributed by atoms with van der Waals surface area (Å²) in [5.74, 6) is -1.33. The molecule has 1 aromatic heterocycles. The number of hydrogen-bond acceptors (Lipinski definition) is 3. The fourth-order valence-electron chi connectivity index (χ4n) is 1.29. The van der Waals surface area contributed by atoms with Crippen LogP contribution < -0.4 is 5.73 Å². The largest absolute Gasteiger partial charge is 0.363 e. The third-order valence-electron chi connectivity index (χ3n) is 2.09. The van der Waals surface area contributed by atoms with Crippen molar-refractivity contribution in [1.82, 2.24) is 9.97 Å². The van der Waals surface area contributed by atoms with Crippen LogP contribution in [0.2, 0.25) is 5.02 Å². The van der Waals surface area contributed by atoms with Gasteiger partial charge in [0, 0.05) is 11.8 Å². The lowest BCUT2D eigenvalue weighted by Gasteiger charge is -2.02. The molecule has 86 valence electrons. The van der Waals surface area contributed by atoms with Crippen molar-refractivity contribution in [2.45, 2.75) is 0 Å². The number of benzene rings is 1. The van der Waals surface area contributed by atoms with E-state index >= 15 is 0 Å². The van der Waals surface area contributed by atoms with Crippen LogP contribution in [-0.2, 0) is 0 Å². The van der Waals surface area contributed by atoms with E-state index in [1.165, 1.54) is 24.4 Å². The van der Waals surface area contributed by atoms with E-state index in [9.17, 15) is 9.18 Å². The predicted octanol–water partition coefficient (Wildman–Crippen LogP) is 2.03. The molecule has 0 radical (unpaired) electrons. The van der Waals surface area contributed by atoms with Crippen molar-refractivity contribution in [2.75, 3.05) is 0 Å². The van der Waals surface area contributed by atoms with Crippen LogP contribution in [-0.4, -0.2) is 15.9 Å². The summed E-state index contributed by atoms with van der Waals surface area (Å²) >= 11 is 5.66. The lowest BCUT2D eigenvalue weighted by molar-refractivity contribution is 0.0990. The Morgan fingerprint density at radius 1 is 1.35 bits per heavy atom. The van der Waals surface area contributed by atoms with Gasteiger partial charge in [-0.05, 0) is 24.3 Å². The maximum Gasteiger partial charge on any atom is 0.286 e. The normalized spacial score (nSPS) is 10.2. The summed E-state index contributed by atoms with van der Waals surface area (Å²) < 4.78 is 13.0. The molecule has 0 aliphatic rings. The van der Waals surface area contributed by atoms with Crippen LogP contribution in [0, 0.1) is 5.82 Å². The average Bonchev–Trinajstić information content (AvgIpc) is 2.33. The second-order valence-electron chi connectivity index (χ2n) is 3.26. The van der Waals surface area contributed by atoms with Gasteiger partial charge in [-0.15, -0.1) is 0 Å². The van der Waals surface area contributed by atoms with Gasteiger partial charge in [-0.1, -0.05) is 11.6 Å². The van der Waals surface area contributed by atoms with Crippen molar-refractivity contribution in [3.8, 4) is 11.3 Å². The molecule has 17 heavy (non-hydrogen) atoms. The van der Waals surface area contributed by atoms with Crippen LogP contribution in [0.1, 0.15) is 10.6 Å². The summed E-state index contributed by atoms with van der Waals surface area (Å²) in [5.41, 5.74) is 6.10. The molecule has 1 amide bonds. The highest BCUT2D eigenvalue weighted by Crippen LogP contribution is 2.23. The quantitative estimate of drug-likeness (QED) is 0.888. The Labute approximate surface area is 101 Å². The Kier molecular flexibility index (Phi) is 3.01. The number of nitrogens with zero attached hydrogens (tertiary/aromatic N) is 2. The van der Waals surface area contributed by atoms with E-state index in [0.29, 0.717) is 11.3 Å². The molecular weight excluding hydrogens is 245 g/mol. The molecule has 2 N–H and O–H groups in total. The first kappa shape index (κ1) is 11.5. The highest BCUT2D eigenvalue weighted by atomic mass is 35.5. The van der Waals surface area contributed by atoms with Crippen molar-refractivity contribution in [2.24, 2.45) is 5.73 Å². The molecular formula is C11H7ClFN3O. The molecule has 4 nitrogen and oxygen atoms in total.